The maximum atomic E-state index is 4.29. The van der Waals surface area contributed by atoms with Gasteiger partial charge < -0.3 is 10.3 Å². The molecule has 2 heterocycles. The van der Waals surface area contributed by atoms with Crippen LogP contribution < -0.4 is 5.32 Å². The molecule has 0 saturated carbocycles. The van der Waals surface area contributed by atoms with Gasteiger partial charge in [-0.25, -0.2) is 0 Å². The molecule has 1 aromatic carbocycles. The van der Waals surface area contributed by atoms with Crippen molar-refractivity contribution < 1.29 is 0 Å². The number of rotatable bonds is 2. The van der Waals surface area contributed by atoms with E-state index in [1.807, 2.05) is 0 Å². The molecule has 3 atom stereocenters. The highest BCUT2D eigenvalue weighted by Crippen LogP contribution is 2.41. The van der Waals surface area contributed by atoms with E-state index in [0.717, 1.165) is 6.42 Å². The fourth-order valence-corrected chi connectivity index (χ4v) is 4.24. The third-order valence-corrected chi connectivity index (χ3v) is 5.61. The number of benzene rings is 1. The molecule has 0 amide bonds. The average Bonchev–Trinajstić information content (AvgIpc) is 2.89. The van der Waals surface area contributed by atoms with Crippen LogP contribution in [0.4, 0.5) is 0 Å². The van der Waals surface area contributed by atoms with Gasteiger partial charge >= 0.3 is 0 Å². The van der Waals surface area contributed by atoms with Crippen molar-refractivity contribution in [2.24, 2.45) is 11.8 Å². The molecule has 1 aliphatic heterocycles. The SMILES string of the molecule is C=C1C=C[C@@H]2C[C@H]1[C@@H](Cc1c[nH]c3ccccc13)NC2(C)C. The molecule has 0 spiro atoms. The van der Waals surface area contributed by atoms with Gasteiger partial charge in [-0.3, -0.25) is 0 Å². The van der Waals surface area contributed by atoms with Crippen molar-refractivity contribution in [2.75, 3.05) is 0 Å². The summed E-state index contributed by atoms with van der Waals surface area (Å²) in [5.41, 5.74) is 4.08. The van der Waals surface area contributed by atoms with Crippen molar-refractivity contribution in [1.82, 2.24) is 10.3 Å². The average molecular weight is 292 g/mol. The molecule has 2 aliphatic rings. The van der Waals surface area contributed by atoms with Gasteiger partial charge in [0.05, 0.1) is 0 Å². The molecule has 2 aromatic rings. The predicted molar refractivity (Wildman–Crippen MR) is 92.9 cm³/mol. The number of piperidine rings is 1. The van der Waals surface area contributed by atoms with Crippen LogP contribution in [0.1, 0.15) is 25.8 Å². The molecule has 0 radical (unpaired) electrons. The van der Waals surface area contributed by atoms with Crippen LogP contribution in [0.5, 0.6) is 0 Å². The highest BCUT2D eigenvalue weighted by Gasteiger charge is 2.42. The van der Waals surface area contributed by atoms with Crippen molar-refractivity contribution in [1.29, 1.82) is 0 Å². The van der Waals surface area contributed by atoms with Crippen LogP contribution in [0.2, 0.25) is 0 Å². The first-order valence-electron chi connectivity index (χ1n) is 8.24. The molecule has 1 fully saturated rings. The van der Waals surface area contributed by atoms with Crippen molar-refractivity contribution in [3.8, 4) is 0 Å². The smallest absolute Gasteiger partial charge is 0.0456 e. The van der Waals surface area contributed by atoms with Gasteiger partial charge in [-0.05, 0) is 50.2 Å². The largest absolute Gasteiger partial charge is 0.361 e. The van der Waals surface area contributed by atoms with Gasteiger partial charge in [-0.2, -0.15) is 0 Å². The third-order valence-electron chi connectivity index (χ3n) is 5.61. The molecule has 2 nitrogen and oxygen atoms in total. The molecule has 114 valence electrons. The summed E-state index contributed by atoms with van der Waals surface area (Å²) in [6.07, 6.45) is 9.05. The van der Waals surface area contributed by atoms with Gasteiger partial charge in [0.25, 0.3) is 0 Å². The molecule has 1 aliphatic carbocycles. The Balaban J connectivity index is 1.67. The Morgan fingerprint density at radius 2 is 2.09 bits per heavy atom. The second-order valence-electron chi connectivity index (χ2n) is 7.42. The van der Waals surface area contributed by atoms with Crippen LogP contribution in [0.25, 0.3) is 10.9 Å². The van der Waals surface area contributed by atoms with E-state index in [2.05, 4.69) is 73.3 Å². The van der Waals surface area contributed by atoms with E-state index >= 15 is 0 Å². The summed E-state index contributed by atoms with van der Waals surface area (Å²) in [5, 5.41) is 5.25. The van der Waals surface area contributed by atoms with Gasteiger partial charge in [-0.15, -0.1) is 0 Å². The Morgan fingerprint density at radius 1 is 1.27 bits per heavy atom. The Bertz CT molecular complexity index is 750. The molecule has 1 saturated heterocycles. The fraction of sp³-hybridized carbons (Fsp3) is 0.400. The van der Waals surface area contributed by atoms with E-state index in [-0.39, 0.29) is 5.54 Å². The van der Waals surface area contributed by atoms with Crippen LogP contribution in [0, 0.1) is 11.8 Å². The van der Waals surface area contributed by atoms with Crippen molar-refractivity contribution in [3.05, 3.63) is 60.3 Å². The first-order valence-corrected chi connectivity index (χ1v) is 8.24. The standard InChI is InChI=1S/C20H24N2/c1-13-8-9-15-11-17(13)19(22-20(15,2)3)10-14-12-21-18-7-5-4-6-16(14)18/h4-9,12,15,17,19,21-22H,1,10-11H2,2-3H3/t15-,17-,19-/m1/s1. The Hall–Kier alpha value is -1.80. The number of aromatic nitrogens is 1. The van der Waals surface area contributed by atoms with E-state index in [4.69, 9.17) is 0 Å². The summed E-state index contributed by atoms with van der Waals surface area (Å²) < 4.78 is 0. The van der Waals surface area contributed by atoms with Gasteiger partial charge in [0.15, 0.2) is 0 Å². The van der Waals surface area contributed by atoms with Gasteiger partial charge in [-0.1, -0.05) is 42.5 Å². The van der Waals surface area contributed by atoms with E-state index in [1.165, 1.54) is 28.5 Å². The minimum atomic E-state index is 0.157. The molecule has 2 heteroatoms. The quantitative estimate of drug-likeness (QED) is 0.852. The highest BCUT2D eigenvalue weighted by molar-refractivity contribution is 5.83. The number of hydrogen-bond acceptors (Lipinski definition) is 1. The number of H-pyrrole nitrogens is 1. The number of para-hydroxylation sites is 1. The zero-order chi connectivity index (χ0) is 15.3. The second kappa shape index (κ2) is 4.85. The molecule has 2 N–H and O–H groups in total. The monoisotopic (exact) mass is 292 g/mol. The summed E-state index contributed by atoms with van der Waals surface area (Å²) in [6, 6.07) is 9.03. The van der Waals surface area contributed by atoms with Gasteiger partial charge in [0.2, 0.25) is 0 Å². The number of hydrogen-bond donors (Lipinski definition) is 2. The van der Waals surface area contributed by atoms with Gasteiger partial charge in [0, 0.05) is 28.7 Å². The number of aromatic amines is 1. The number of nitrogens with one attached hydrogen (secondary N) is 2. The minimum absolute atomic E-state index is 0.157. The van der Waals surface area contributed by atoms with Crippen molar-refractivity contribution in [3.63, 3.8) is 0 Å². The lowest BCUT2D eigenvalue weighted by Gasteiger charge is -2.49. The molecule has 4 rings (SSSR count). The fourth-order valence-electron chi connectivity index (χ4n) is 4.24. The van der Waals surface area contributed by atoms with Gasteiger partial charge in [0.1, 0.15) is 0 Å². The van der Waals surface area contributed by atoms with Crippen molar-refractivity contribution in [2.45, 2.75) is 38.3 Å². The highest BCUT2D eigenvalue weighted by atomic mass is 15.0. The lowest BCUT2D eigenvalue weighted by molar-refractivity contribution is 0.143. The predicted octanol–water partition coefficient (Wildman–Crippen LogP) is 4.21. The summed E-state index contributed by atoms with van der Waals surface area (Å²) in [4.78, 5) is 3.40. The normalized spacial score (nSPS) is 29.9. The van der Waals surface area contributed by atoms with Crippen molar-refractivity contribution >= 4 is 10.9 Å². The van der Waals surface area contributed by atoms with Crippen LogP contribution in [-0.4, -0.2) is 16.6 Å². The Kier molecular flexibility index (Phi) is 3.05. The summed E-state index contributed by atoms with van der Waals surface area (Å²) in [7, 11) is 0. The zero-order valence-corrected chi connectivity index (χ0v) is 13.4. The van der Waals surface area contributed by atoms with E-state index < -0.39 is 0 Å². The Morgan fingerprint density at radius 3 is 2.95 bits per heavy atom. The number of fused-ring (bicyclic) bond motifs is 3. The van der Waals surface area contributed by atoms with E-state index in [9.17, 15) is 0 Å². The van der Waals surface area contributed by atoms with Crippen LogP contribution in [0.15, 0.2) is 54.8 Å². The number of allylic oxidation sites excluding steroid dienone is 1. The molecule has 2 bridgehead atoms. The van der Waals surface area contributed by atoms with E-state index in [0.29, 0.717) is 17.9 Å². The topological polar surface area (TPSA) is 27.8 Å². The first-order chi connectivity index (χ1) is 10.5. The first kappa shape index (κ1) is 13.8. The van der Waals surface area contributed by atoms with Crippen LogP contribution >= 0.6 is 0 Å². The Labute approximate surface area is 132 Å². The molecule has 22 heavy (non-hydrogen) atoms. The summed E-state index contributed by atoms with van der Waals surface area (Å²) >= 11 is 0. The maximum Gasteiger partial charge on any atom is 0.0456 e. The summed E-state index contributed by atoms with van der Waals surface area (Å²) in [5.74, 6) is 1.17. The second-order valence-corrected chi connectivity index (χ2v) is 7.42. The lowest BCUT2D eigenvalue weighted by atomic mass is 9.67. The summed E-state index contributed by atoms with van der Waals surface area (Å²) in [6.45, 7) is 8.95. The third kappa shape index (κ3) is 2.14. The zero-order valence-electron chi connectivity index (χ0n) is 13.4. The minimum Gasteiger partial charge on any atom is -0.361 e. The lowest BCUT2D eigenvalue weighted by Crippen LogP contribution is -2.59. The molecular formula is C20H24N2. The molecule has 1 aromatic heterocycles. The van der Waals surface area contributed by atoms with E-state index in [1.54, 1.807) is 0 Å². The van der Waals surface area contributed by atoms with Crippen LogP contribution in [0.3, 0.4) is 0 Å². The van der Waals surface area contributed by atoms with Crippen LogP contribution in [-0.2, 0) is 6.42 Å². The maximum absolute atomic E-state index is 4.29. The molecular weight excluding hydrogens is 268 g/mol. The molecule has 0 unspecified atom stereocenters.